The number of halogens is 2. The van der Waals surface area contributed by atoms with Gasteiger partial charge in [0.2, 0.25) is 0 Å². The summed E-state index contributed by atoms with van der Waals surface area (Å²) >= 11 is 12.8. The molecule has 3 aromatic carbocycles. The van der Waals surface area contributed by atoms with E-state index in [9.17, 15) is 4.79 Å². The van der Waals surface area contributed by atoms with Crippen LogP contribution in [0.3, 0.4) is 0 Å². The fourth-order valence-corrected chi connectivity index (χ4v) is 4.32. The van der Waals surface area contributed by atoms with Crippen LogP contribution in [0, 0.1) is 6.92 Å². The van der Waals surface area contributed by atoms with E-state index in [4.69, 9.17) is 23.2 Å². The quantitative estimate of drug-likeness (QED) is 0.270. The average Bonchev–Trinajstić information content (AvgIpc) is 2.81. The number of rotatable bonds is 7. The second kappa shape index (κ2) is 10.1. The number of pyridine rings is 1. The fraction of sp³-hybridized carbons (Fsp3) is 0.214. The van der Waals surface area contributed by atoms with E-state index in [1.54, 1.807) is 13.1 Å². The number of likely N-dealkylation sites (N-methyl/N-ethyl adjacent to an activating group) is 1. The third kappa shape index (κ3) is 5.25. The normalized spacial score (nSPS) is 11.3. The van der Waals surface area contributed by atoms with Crippen LogP contribution in [-0.4, -0.2) is 36.3 Å². The third-order valence-corrected chi connectivity index (χ3v) is 6.72. The highest BCUT2D eigenvalue weighted by atomic mass is 35.5. The summed E-state index contributed by atoms with van der Waals surface area (Å²) in [6, 6.07) is 18.1. The second-order valence-electron chi connectivity index (χ2n) is 8.78. The smallest absolute Gasteiger partial charge is 0.163 e. The van der Waals surface area contributed by atoms with Gasteiger partial charge >= 0.3 is 0 Å². The van der Waals surface area contributed by atoms with Crippen LogP contribution in [0.5, 0.6) is 0 Å². The molecular formula is C28H27Cl2N3O. The molecule has 4 rings (SSSR count). The molecule has 1 aromatic heterocycles. The molecule has 0 aliphatic heterocycles. The first-order chi connectivity index (χ1) is 16.2. The zero-order chi connectivity index (χ0) is 24.4. The van der Waals surface area contributed by atoms with Gasteiger partial charge in [-0.1, -0.05) is 41.4 Å². The van der Waals surface area contributed by atoms with Crippen LogP contribution >= 0.6 is 23.2 Å². The van der Waals surface area contributed by atoms with Gasteiger partial charge in [-0.15, -0.1) is 0 Å². The number of Topliss-reactive ketones (excluding diaryl/α,β-unsaturated/α-hetero) is 1. The predicted octanol–water partition coefficient (Wildman–Crippen LogP) is 7.57. The molecule has 0 fully saturated rings. The van der Waals surface area contributed by atoms with Crippen molar-refractivity contribution in [1.82, 2.24) is 9.88 Å². The van der Waals surface area contributed by atoms with Crippen molar-refractivity contribution in [3.8, 4) is 11.1 Å². The first-order valence-electron chi connectivity index (χ1n) is 11.1. The molecule has 4 aromatic rings. The van der Waals surface area contributed by atoms with Gasteiger partial charge in [0.1, 0.15) is 0 Å². The van der Waals surface area contributed by atoms with Gasteiger partial charge in [0.25, 0.3) is 0 Å². The van der Waals surface area contributed by atoms with E-state index in [0.717, 1.165) is 51.9 Å². The number of nitrogens with zero attached hydrogens (tertiary/aromatic N) is 2. The van der Waals surface area contributed by atoms with E-state index >= 15 is 0 Å². The summed E-state index contributed by atoms with van der Waals surface area (Å²) < 4.78 is 0. The zero-order valence-electron chi connectivity index (χ0n) is 19.7. The zero-order valence-corrected chi connectivity index (χ0v) is 21.3. The Morgan fingerprint density at radius 2 is 1.65 bits per heavy atom. The lowest BCUT2D eigenvalue weighted by molar-refractivity contribution is 0.101. The number of hydrogen-bond acceptors (Lipinski definition) is 4. The maximum absolute atomic E-state index is 12.5. The van der Waals surface area contributed by atoms with Crippen LogP contribution in [-0.2, 0) is 6.42 Å². The number of carbonyl (C=O) groups excluding carboxylic acids is 1. The molecule has 174 valence electrons. The number of carbonyl (C=O) groups is 1. The third-order valence-electron chi connectivity index (χ3n) is 5.93. The molecule has 4 nitrogen and oxygen atoms in total. The Balaban J connectivity index is 1.77. The molecule has 0 amide bonds. The van der Waals surface area contributed by atoms with Gasteiger partial charge in [0, 0.05) is 33.9 Å². The van der Waals surface area contributed by atoms with Crippen molar-refractivity contribution in [1.29, 1.82) is 0 Å². The Kier molecular flexibility index (Phi) is 7.22. The number of fused-ring (bicyclic) bond motifs is 1. The van der Waals surface area contributed by atoms with E-state index in [-0.39, 0.29) is 5.78 Å². The lowest BCUT2D eigenvalue weighted by Gasteiger charge is -2.15. The Labute approximate surface area is 210 Å². The monoisotopic (exact) mass is 491 g/mol. The first-order valence-corrected chi connectivity index (χ1v) is 11.9. The molecule has 0 atom stereocenters. The molecule has 1 heterocycles. The molecule has 0 saturated heterocycles. The van der Waals surface area contributed by atoms with Crippen LogP contribution in [0.1, 0.15) is 28.4 Å². The Morgan fingerprint density at radius 1 is 0.971 bits per heavy atom. The molecule has 6 heteroatoms. The Morgan fingerprint density at radius 3 is 2.26 bits per heavy atom. The molecule has 34 heavy (non-hydrogen) atoms. The average molecular weight is 492 g/mol. The summed E-state index contributed by atoms with van der Waals surface area (Å²) in [6.45, 7) is 4.44. The Bertz CT molecular complexity index is 1340. The van der Waals surface area contributed by atoms with E-state index in [0.29, 0.717) is 15.6 Å². The molecule has 1 N–H and O–H groups in total. The number of ketones is 1. The lowest BCUT2D eigenvalue weighted by atomic mass is 9.99. The minimum absolute atomic E-state index is 0.0497. The van der Waals surface area contributed by atoms with Gasteiger partial charge in [0.15, 0.2) is 5.78 Å². The molecular weight excluding hydrogens is 465 g/mol. The molecule has 0 spiro atoms. The summed E-state index contributed by atoms with van der Waals surface area (Å²) in [7, 11) is 4.14. The largest absolute Gasteiger partial charge is 0.354 e. The summed E-state index contributed by atoms with van der Waals surface area (Å²) in [5.41, 5.74) is 6.96. The molecule has 0 unspecified atom stereocenters. The van der Waals surface area contributed by atoms with Crippen LogP contribution in [0.4, 0.5) is 11.4 Å². The van der Waals surface area contributed by atoms with Crippen molar-refractivity contribution >= 4 is 51.3 Å². The topological polar surface area (TPSA) is 45.2 Å². The van der Waals surface area contributed by atoms with E-state index in [2.05, 4.69) is 41.4 Å². The molecule has 0 saturated carbocycles. The van der Waals surface area contributed by atoms with Crippen molar-refractivity contribution in [2.24, 2.45) is 0 Å². The Hall–Kier alpha value is -2.92. The standard InChI is InChI=1S/C28H27Cl2N3O/c1-17-25(29)14-21(15-26(17)30)20-7-10-27-23(13-20)28(24(16-31-27)18(2)34)32-22-8-5-19(6-9-22)11-12-33(3)4/h5-10,13-16H,11-12H2,1-4H3,(H,31,32). The maximum atomic E-state index is 12.5. The minimum Gasteiger partial charge on any atom is -0.354 e. The molecule has 0 bridgehead atoms. The summed E-state index contributed by atoms with van der Waals surface area (Å²) in [5.74, 6) is -0.0497. The van der Waals surface area contributed by atoms with Crippen LogP contribution in [0.25, 0.3) is 22.0 Å². The SMILES string of the molecule is CC(=O)c1cnc2ccc(-c3cc(Cl)c(C)c(Cl)c3)cc2c1Nc1ccc(CCN(C)C)cc1. The van der Waals surface area contributed by atoms with Gasteiger partial charge in [-0.3, -0.25) is 9.78 Å². The van der Waals surface area contributed by atoms with Gasteiger partial charge in [0.05, 0.1) is 16.8 Å². The second-order valence-corrected chi connectivity index (χ2v) is 9.59. The van der Waals surface area contributed by atoms with Gasteiger partial charge in [-0.05, 0) is 93.0 Å². The van der Waals surface area contributed by atoms with Gasteiger partial charge < -0.3 is 10.2 Å². The number of hydrogen-bond donors (Lipinski definition) is 1. The minimum atomic E-state index is -0.0497. The van der Waals surface area contributed by atoms with Crippen molar-refractivity contribution < 1.29 is 4.79 Å². The predicted molar refractivity (Wildman–Crippen MR) is 144 cm³/mol. The van der Waals surface area contributed by atoms with Crippen molar-refractivity contribution in [2.45, 2.75) is 20.3 Å². The number of anilines is 2. The molecule has 0 aliphatic carbocycles. The number of benzene rings is 3. The molecule has 0 aliphatic rings. The highest BCUT2D eigenvalue weighted by molar-refractivity contribution is 6.36. The van der Waals surface area contributed by atoms with Crippen LogP contribution < -0.4 is 5.32 Å². The van der Waals surface area contributed by atoms with Crippen molar-refractivity contribution in [3.05, 3.63) is 87.5 Å². The molecule has 0 radical (unpaired) electrons. The van der Waals surface area contributed by atoms with E-state index < -0.39 is 0 Å². The number of nitrogens with one attached hydrogen (secondary N) is 1. The van der Waals surface area contributed by atoms with Crippen molar-refractivity contribution in [3.63, 3.8) is 0 Å². The highest BCUT2D eigenvalue weighted by Gasteiger charge is 2.15. The first kappa shape index (κ1) is 24.2. The van der Waals surface area contributed by atoms with E-state index in [1.807, 2.05) is 49.4 Å². The van der Waals surface area contributed by atoms with Gasteiger partial charge in [-0.25, -0.2) is 0 Å². The summed E-state index contributed by atoms with van der Waals surface area (Å²) in [6.07, 6.45) is 2.62. The number of aromatic nitrogens is 1. The summed E-state index contributed by atoms with van der Waals surface area (Å²) in [4.78, 5) is 19.2. The maximum Gasteiger partial charge on any atom is 0.163 e. The highest BCUT2D eigenvalue weighted by Crippen LogP contribution is 2.35. The van der Waals surface area contributed by atoms with Gasteiger partial charge in [-0.2, -0.15) is 0 Å². The van der Waals surface area contributed by atoms with E-state index in [1.165, 1.54) is 5.56 Å². The summed E-state index contributed by atoms with van der Waals surface area (Å²) in [5, 5.41) is 5.57. The van der Waals surface area contributed by atoms with Crippen LogP contribution in [0.15, 0.2) is 60.8 Å². The van der Waals surface area contributed by atoms with Crippen LogP contribution in [0.2, 0.25) is 10.0 Å². The fourth-order valence-electron chi connectivity index (χ4n) is 3.84. The van der Waals surface area contributed by atoms with Crippen molar-refractivity contribution in [2.75, 3.05) is 26.0 Å². The lowest BCUT2D eigenvalue weighted by Crippen LogP contribution is -2.14.